The fraction of sp³-hybridized carbons (Fsp3) is 0.875. The molecule has 1 atom stereocenters. The molecule has 0 heterocycles. The summed E-state index contributed by atoms with van der Waals surface area (Å²) in [4.78, 5) is 10.4. The first kappa shape index (κ1) is 9.60. The Morgan fingerprint density at radius 2 is 2.20 bits per heavy atom. The van der Waals surface area contributed by atoms with Crippen molar-refractivity contribution in [3.8, 4) is 0 Å². The molecule has 0 radical (unpaired) electrons. The molecule has 1 nitrogen and oxygen atoms in total. The van der Waals surface area contributed by atoms with Gasteiger partial charge in [-0.3, -0.25) is 0 Å². The van der Waals surface area contributed by atoms with E-state index in [4.69, 9.17) is 0 Å². The minimum Gasteiger partial charge on any atom is -0.300 e. The van der Waals surface area contributed by atoms with Crippen molar-refractivity contribution in [2.75, 3.05) is 0 Å². The van der Waals surface area contributed by atoms with Gasteiger partial charge in [0, 0.05) is 6.42 Å². The topological polar surface area (TPSA) is 17.1 Å². The smallest absolute Gasteiger partial charge is 0.129 e. The van der Waals surface area contributed by atoms with Crippen LogP contribution in [0.4, 0.5) is 4.39 Å². The minimum absolute atomic E-state index is 0.156. The SMILES string of the molecule is CCC(F)CCCC(C)=O. The zero-order chi connectivity index (χ0) is 7.98. The number of halogens is 1. The van der Waals surface area contributed by atoms with E-state index in [0.29, 0.717) is 25.7 Å². The first-order valence-corrected chi connectivity index (χ1v) is 3.80. The van der Waals surface area contributed by atoms with Gasteiger partial charge in [-0.1, -0.05) is 6.92 Å². The molecular weight excluding hydrogens is 131 g/mol. The Kier molecular flexibility index (Phi) is 5.17. The van der Waals surface area contributed by atoms with Gasteiger partial charge in [-0.25, -0.2) is 4.39 Å². The summed E-state index contributed by atoms with van der Waals surface area (Å²) >= 11 is 0. The van der Waals surface area contributed by atoms with Crippen molar-refractivity contribution in [2.45, 2.75) is 45.7 Å². The highest BCUT2D eigenvalue weighted by Crippen LogP contribution is 2.07. The zero-order valence-corrected chi connectivity index (χ0v) is 6.69. The highest BCUT2D eigenvalue weighted by Gasteiger charge is 2.02. The van der Waals surface area contributed by atoms with E-state index in [1.165, 1.54) is 0 Å². The standard InChI is InChI=1S/C8H15FO/c1-3-8(9)6-4-5-7(2)10/h8H,3-6H2,1-2H3. The number of hydrogen-bond acceptors (Lipinski definition) is 1. The van der Waals surface area contributed by atoms with Gasteiger partial charge in [-0.15, -0.1) is 0 Å². The molecule has 0 saturated carbocycles. The molecule has 0 aliphatic carbocycles. The van der Waals surface area contributed by atoms with Gasteiger partial charge in [0.25, 0.3) is 0 Å². The first-order chi connectivity index (χ1) is 4.66. The van der Waals surface area contributed by atoms with Gasteiger partial charge in [0.1, 0.15) is 5.78 Å². The van der Waals surface area contributed by atoms with Crippen LogP contribution < -0.4 is 0 Å². The van der Waals surface area contributed by atoms with Crippen molar-refractivity contribution in [1.82, 2.24) is 0 Å². The van der Waals surface area contributed by atoms with Gasteiger partial charge in [0.15, 0.2) is 0 Å². The predicted octanol–water partition coefficient (Wildman–Crippen LogP) is 2.49. The molecular formula is C8H15FO. The Bertz CT molecular complexity index is 101. The van der Waals surface area contributed by atoms with Crippen LogP contribution in [0.25, 0.3) is 0 Å². The molecule has 0 spiro atoms. The summed E-state index contributed by atoms with van der Waals surface area (Å²) in [5, 5.41) is 0. The van der Waals surface area contributed by atoms with Gasteiger partial charge < -0.3 is 4.79 Å². The average Bonchev–Trinajstić information content (AvgIpc) is 1.87. The maximum atomic E-state index is 12.5. The minimum atomic E-state index is -0.709. The molecule has 0 aromatic carbocycles. The van der Waals surface area contributed by atoms with Crippen molar-refractivity contribution in [2.24, 2.45) is 0 Å². The third-order valence-electron chi connectivity index (χ3n) is 1.49. The van der Waals surface area contributed by atoms with E-state index in [1.54, 1.807) is 6.92 Å². The van der Waals surface area contributed by atoms with E-state index in [9.17, 15) is 9.18 Å². The number of rotatable bonds is 5. The zero-order valence-electron chi connectivity index (χ0n) is 6.69. The summed E-state index contributed by atoms with van der Waals surface area (Å²) < 4.78 is 12.5. The van der Waals surface area contributed by atoms with Crippen molar-refractivity contribution < 1.29 is 9.18 Å². The molecule has 0 N–H and O–H groups in total. The monoisotopic (exact) mass is 146 g/mol. The maximum Gasteiger partial charge on any atom is 0.129 e. The third-order valence-corrected chi connectivity index (χ3v) is 1.49. The highest BCUT2D eigenvalue weighted by molar-refractivity contribution is 5.75. The van der Waals surface area contributed by atoms with Crippen LogP contribution in [0.5, 0.6) is 0 Å². The number of carbonyl (C=O) groups excluding carboxylic acids is 1. The lowest BCUT2D eigenvalue weighted by Gasteiger charge is -2.01. The largest absolute Gasteiger partial charge is 0.300 e. The second-order valence-corrected chi connectivity index (χ2v) is 2.60. The van der Waals surface area contributed by atoms with E-state index < -0.39 is 6.17 Å². The van der Waals surface area contributed by atoms with Crippen LogP contribution in [0.15, 0.2) is 0 Å². The second kappa shape index (κ2) is 5.39. The molecule has 60 valence electrons. The summed E-state index contributed by atoms with van der Waals surface area (Å²) in [5.74, 6) is 0.156. The molecule has 0 aromatic heterocycles. The maximum absolute atomic E-state index is 12.5. The van der Waals surface area contributed by atoms with Crippen LogP contribution in [0.2, 0.25) is 0 Å². The Balaban J connectivity index is 3.11. The molecule has 1 unspecified atom stereocenters. The summed E-state index contributed by atoms with van der Waals surface area (Å²) in [6.45, 7) is 3.36. The van der Waals surface area contributed by atoms with Gasteiger partial charge in [0.2, 0.25) is 0 Å². The van der Waals surface area contributed by atoms with Crippen LogP contribution >= 0.6 is 0 Å². The number of ketones is 1. The van der Waals surface area contributed by atoms with Gasteiger partial charge in [-0.2, -0.15) is 0 Å². The summed E-state index contributed by atoms with van der Waals surface area (Å²) in [5.41, 5.74) is 0. The van der Waals surface area contributed by atoms with Crippen molar-refractivity contribution in [1.29, 1.82) is 0 Å². The van der Waals surface area contributed by atoms with Crippen LogP contribution in [-0.2, 0) is 4.79 Å². The van der Waals surface area contributed by atoms with E-state index in [2.05, 4.69) is 0 Å². The molecule has 0 rings (SSSR count). The van der Waals surface area contributed by atoms with E-state index in [0.717, 1.165) is 0 Å². The molecule has 0 amide bonds. The number of Topliss-reactive ketones (excluding diaryl/α,β-unsaturated/α-hetero) is 1. The fourth-order valence-electron chi connectivity index (χ4n) is 0.777. The number of alkyl halides is 1. The van der Waals surface area contributed by atoms with E-state index in [-0.39, 0.29) is 5.78 Å². The quantitative estimate of drug-likeness (QED) is 0.582. The molecule has 0 fully saturated rings. The van der Waals surface area contributed by atoms with Crippen molar-refractivity contribution >= 4 is 5.78 Å². The normalized spacial score (nSPS) is 13.1. The second-order valence-electron chi connectivity index (χ2n) is 2.60. The van der Waals surface area contributed by atoms with E-state index >= 15 is 0 Å². The molecule has 10 heavy (non-hydrogen) atoms. The Labute approximate surface area is 61.6 Å². The number of carbonyl (C=O) groups is 1. The Morgan fingerprint density at radius 1 is 1.60 bits per heavy atom. The van der Waals surface area contributed by atoms with Crippen molar-refractivity contribution in [3.63, 3.8) is 0 Å². The van der Waals surface area contributed by atoms with Crippen LogP contribution in [-0.4, -0.2) is 12.0 Å². The van der Waals surface area contributed by atoms with Crippen molar-refractivity contribution in [3.05, 3.63) is 0 Å². The molecule has 0 aliphatic heterocycles. The average molecular weight is 146 g/mol. The summed E-state index contributed by atoms with van der Waals surface area (Å²) in [6.07, 6.45) is 1.62. The highest BCUT2D eigenvalue weighted by atomic mass is 19.1. The van der Waals surface area contributed by atoms with Crippen LogP contribution in [0.1, 0.15) is 39.5 Å². The molecule has 0 saturated heterocycles. The molecule has 2 heteroatoms. The van der Waals surface area contributed by atoms with Gasteiger partial charge >= 0.3 is 0 Å². The van der Waals surface area contributed by atoms with Crippen LogP contribution in [0.3, 0.4) is 0 Å². The lowest BCUT2D eigenvalue weighted by Crippen LogP contribution is -1.99. The molecule has 0 aromatic rings. The summed E-state index contributed by atoms with van der Waals surface area (Å²) in [7, 11) is 0. The first-order valence-electron chi connectivity index (χ1n) is 3.80. The Hall–Kier alpha value is -0.400. The lowest BCUT2D eigenvalue weighted by atomic mass is 10.1. The van der Waals surface area contributed by atoms with Gasteiger partial charge in [-0.05, 0) is 26.2 Å². The third kappa shape index (κ3) is 5.73. The predicted molar refractivity (Wildman–Crippen MR) is 39.7 cm³/mol. The summed E-state index contributed by atoms with van der Waals surface area (Å²) in [6, 6.07) is 0. The molecule has 0 aliphatic rings. The lowest BCUT2D eigenvalue weighted by molar-refractivity contribution is -0.117. The Morgan fingerprint density at radius 3 is 2.60 bits per heavy atom. The van der Waals surface area contributed by atoms with Crippen LogP contribution in [0, 0.1) is 0 Å². The van der Waals surface area contributed by atoms with Gasteiger partial charge in [0.05, 0.1) is 6.17 Å². The fourth-order valence-corrected chi connectivity index (χ4v) is 0.777. The molecule has 0 bridgehead atoms. The number of hydrogen-bond donors (Lipinski definition) is 0. The van der Waals surface area contributed by atoms with E-state index in [1.807, 2.05) is 6.92 Å².